The van der Waals surface area contributed by atoms with Crippen molar-refractivity contribution < 1.29 is 4.74 Å². The van der Waals surface area contributed by atoms with E-state index in [1.165, 1.54) is 16.7 Å². The second-order valence-corrected chi connectivity index (χ2v) is 6.02. The van der Waals surface area contributed by atoms with Crippen LogP contribution in [0.15, 0.2) is 36.9 Å². The number of ether oxygens (including phenoxy) is 1. The second-order valence-electron chi connectivity index (χ2n) is 6.02. The van der Waals surface area contributed by atoms with E-state index in [1.807, 2.05) is 18.6 Å². The summed E-state index contributed by atoms with van der Waals surface area (Å²) in [6, 6.07) is 4.43. The van der Waals surface area contributed by atoms with Gasteiger partial charge in [0.1, 0.15) is 0 Å². The van der Waals surface area contributed by atoms with E-state index in [2.05, 4.69) is 51.4 Å². The Bertz CT molecular complexity index is 849. The molecule has 0 radical (unpaired) electrons. The number of nitrogens with zero attached hydrogens (tertiary/aromatic N) is 4. The van der Waals surface area contributed by atoms with Crippen LogP contribution in [0.2, 0.25) is 0 Å². The summed E-state index contributed by atoms with van der Waals surface area (Å²) in [5.74, 6) is 0. The zero-order chi connectivity index (χ0) is 15.8. The summed E-state index contributed by atoms with van der Waals surface area (Å²) < 4.78 is 7.58. The van der Waals surface area contributed by atoms with Crippen molar-refractivity contribution in [2.45, 2.75) is 13.8 Å². The van der Waals surface area contributed by atoms with Crippen molar-refractivity contribution in [3.05, 3.63) is 48.2 Å². The average molecular weight is 308 g/mol. The van der Waals surface area contributed by atoms with E-state index in [1.54, 1.807) is 0 Å². The van der Waals surface area contributed by atoms with Crippen molar-refractivity contribution in [1.82, 2.24) is 14.4 Å². The molecule has 1 aliphatic rings. The number of morpholine rings is 1. The summed E-state index contributed by atoms with van der Waals surface area (Å²) >= 11 is 0. The predicted octanol–water partition coefficient (Wildman–Crippen LogP) is 2.85. The van der Waals surface area contributed by atoms with E-state index >= 15 is 0 Å². The van der Waals surface area contributed by atoms with Crippen molar-refractivity contribution in [3.63, 3.8) is 0 Å². The molecule has 1 aliphatic heterocycles. The smallest absolute Gasteiger partial charge is 0.160 e. The third-order valence-corrected chi connectivity index (χ3v) is 4.35. The van der Waals surface area contributed by atoms with Gasteiger partial charge in [0.2, 0.25) is 0 Å². The van der Waals surface area contributed by atoms with Gasteiger partial charge in [0.15, 0.2) is 5.65 Å². The lowest BCUT2D eigenvalue weighted by molar-refractivity contribution is 0.123. The summed E-state index contributed by atoms with van der Waals surface area (Å²) in [4.78, 5) is 11.4. The molecule has 0 amide bonds. The minimum Gasteiger partial charge on any atom is -0.378 e. The topological polar surface area (TPSA) is 42.7 Å². The van der Waals surface area contributed by atoms with Crippen LogP contribution in [0, 0.1) is 13.8 Å². The maximum absolute atomic E-state index is 5.49. The lowest BCUT2D eigenvalue weighted by atomic mass is 10.0. The lowest BCUT2D eigenvalue weighted by Gasteiger charge is -2.29. The first-order valence-electron chi connectivity index (χ1n) is 7.95. The molecule has 0 saturated carbocycles. The normalized spacial score (nSPS) is 15.3. The molecule has 118 valence electrons. The Morgan fingerprint density at radius 3 is 2.74 bits per heavy atom. The number of aryl methyl sites for hydroxylation is 2. The van der Waals surface area contributed by atoms with Gasteiger partial charge in [-0.25, -0.2) is 4.98 Å². The monoisotopic (exact) mass is 308 g/mol. The number of rotatable bonds is 2. The van der Waals surface area contributed by atoms with Crippen molar-refractivity contribution in [1.29, 1.82) is 0 Å². The number of hydrogen-bond donors (Lipinski definition) is 0. The fourth-order valence-corrected chi connectivity index (χ4v) is 3.13. The van der Waals surface area contributed by atoms with Gasteiger partial charge in [-0.05, 0) is 31.5 Å². The molecular weight excluding hydrogens is 288 g/mol. The molecule has 4 heterocycles. The fourth-order valence-electron chi connectivity index (χ4n) is 3.13. The molecule has 3 aromatic rings. The van der Waals surface area contributed by atoms with Crippen LogP contribution < -0.4 is 4.90 Å². The number of hydrogen-bond acceptors (Lipinski definition) is 4. The molecule has 0 unspecified atom stereocenters. The van der Waals surface area contributed by atoms with Crippen LogP contribution in [-0.4, -0.2) is 40.7 Å². The molecule has 0 spiro atoms. The molecule has 0 bridgehead atoms. The van der Waals surface area contributed by atoms with Crippen LogP contribution in [0.5, 0.6) is 0 Å². The first kappa shape index (κ1) is 14.2. The molecular formula is C18H20N4O. The molecule has 1 fully saturated rings. The Balaban J connectivity index is 1.89. The van der Waals surface area contributed by atoms with Crippen LogP contribution in [0.3, 0.4) is 0 Å². The quantitative estimate of drug-likeness (QED) is 0.730. The highest BCUT2D eigenvalue weighted by Crippen LogP contribution is 2.30. The van der Waals surface area contributed by atoms with E-state index in [4.69, 9.17) is 4.74 Å². The van der Waals surface area contributed by atoms with Gasteiger partial charge in [-0.3, -0.25) is 4.98 Å². The summed E-state index contributed by atoms with van der Waals surface area (Å²) in [5, 5.41) is 0. The maximum atomic E-state index is 5.49. The molecule has 0 aromatic carbocycles. The van der Waals surface area contributed by atoms with Crippen molar-refractivity contribution in [2.75, 3.05) is 31.2 Å². The van der Waals surface area contributed by atoms with Crippen LogP contribution in [0.25, 0.3) is 16.8 Å². The van der Waals surface area contributed by atoms with Crippen LogP contribution >= 0.6 is 0 Å². The third-order valence-electron chi connectivity index (χ3n) is 4.35. The Kier molecular flexibility index (Phi) is 3.50. The summed E-state index contributed by atoms with van der Waals surface area (Å²) in [6.07, 6.45) is 7.90. The SMILES string of the molecule is Cc1cnc(C)c(-c2cc(N3CCOCC3)c3nccn3c2)c1. The number of pyridine rings is 2. The van der Waals surface area contributed by atoms with Crippen LogP contribution in [0.1, 0.15) is 11.3 Å². The molecule has 23 heavy (non-hydrogen) atoms. The molecule has 5 nitrogen and oxygen atoms in total. The molecule has 0 N–H and O–H groups in total. The average Bonchev–Trinajstić information content (AvgIpc) is 3.05. The molecule has 3 aromatic heterocycles. The predicted molar refractivity (Wildman–Crippen MR) is 90.9 cm³/mol. The highest BCUT2D eigenvalue weighted by Gasteiger charge is 2.17. The number of aromatic nitrogens is 3. The summed E-state index contributed by atoms with van der Waals surface area (Å²) in [5.41, 5.74) is 6.72. The minimum absolute atomic E-state index is 0.766. The van der Waals surface area contributed by atoms with E-state index in [0.717, 1.165) is 43.3 Å². The van der Waals surface area contributed by atoms with E-state index < -0.39 is 0 Å². The van der Waals surface area contributed by atoms with Crippen molar-refractivity contribution in [3.8, 4) is 11.1 Å². The standard InChI is InChI=1S/C18H20N4O/c1-13-9-16(14(2)20-11-13)15-10-17(21-5-7-23-8-6-21)18-19-3-4-22(18)12-15/h3-4,9-12H,5-8H2,1-2H3. The Labute approximate surface area is 135 Å². The fraction of sp³-hybridized carbons (Fsp3) is 0.333. The van der Waals surface area contributed by atoms with E-state index in [9.17, 15) is 0 Å². The minimum atomic E-state index is 0.766. The molecule has 0 aliphatic carbocycles. The number of imidazole rings is 1. The second kappa shape index (κ2) is 5.66. The van der Waals surface area contributed by atoms with Gasteiger partial charge >= 0.3 is 0 Å². The van der Waals surface area contributed by atoms with E-state index in [0.29, 0.717) is 0 Å². The third kappa shape index (κ3) is 2.57. The van der Waals surface area contributed by atoms with Crippen LogP contribution in [-0.2, 0) is 4.74 Å². The van der Waals surface area contributed by atoms with Crippen molar-refractivity contribution in [2.24, 2.45) is 0 Å². The van der Waals surface area contributed by atoms with Crippen LogP contribution in [0.4, 0.5) is 5.69 Å². The van der Waals surface area contributed by atoms with Gasteiger partial charge in [-0.2, -0.15) is 0 Å². The zero-order valence-corrected chi connectivity index (χ0v) is 13.5. The van der Waals surface area contributed by atoms with Gasteiger partial charge in [0.25, 0.3) is 0 Å². The zero-order valence-electron chi connectivity index (χ0n) is 13.5. The van der Waals surface area contributed by atoms with Gasteiger partial charge in [0, 0.05) is 54.7 Å². The van der Waals surface area contributed by atoms with E-state index in [-0.39, 0.29) is 0 Å². The largest absolute Gasteiger partial charge is 0.378 e. The van der Waals surface area contributed by atoms with Gasteiger partial charge in [0.05, 0.1) is 18.9 Å². The molecule has 4 rings (SSSR count). The first-order valence-corrected chi connectivity index (χ1v) is 7.95. The number of fused-ring (bicyclic) bond motifs is 1. The Morgan fingerprint density at radius 2 is 1.91 bits per heavy atom. The van der Waals surface area contributed by atoms with Gasteiger partial charge in [-0.15, -0.1) is 0 Å². The number of anilines is 1. The maximum Gasteiger partial charge on any atom is 0.160 e. The first-order chi connectivity index (χ1) is 11.2. The van der Waals surface area contributed by atoms with Gasteiger partial charge < -0.3 is 14.0 Å². The Hall–Kier alpha value is -2.40. The highest BCUT2D eigenvalue weighted by atomic mass is 16.5. The molecule has 5 heteroatoms. The van der Waals surface area contributed by atoms with Crippen molar-refractivity contribution >= 4 is 11.3 Å². The molecule has 1 saturated heterocycles. The Morgan fingerprint density at radius 1 is 1.09 bits per heavy atom. The summed E-state index contributed by atoms with van der Waals surface area (Å²) in [7, 11) is 0. The summed E-state index contributed by atoms with van der Waals surface area (Å²) in [6.45, 7) is 7.47. The van der Waals surface area contributed by atoms with Gasteiger partial charge in [-0.1, -0.05) is 0 Å². The molecule has 0 atom stereocenters. The highest BCUT2D eigenvalue weighted by molar-refractivity contribution is 5.78. The lowest BCUT2D eigenvalue weighted by Crippen LogP contribution is -2.36.